The minimum Gasteiger partial charge on any atom is -0.495 e. The second-order valence-corrected chi connectivity index (χ2v) is 5.28. The van der Waals surface area contributed by atoms with Crippen molar-refractivity contribution in [1.82, 2.24) is 9.97 Å². The highest BCUT2D eigenvalue weighted by atomic mass is 79.9. The van der Waals surface area contributed by atoms with Gasteiger partial charge in [-0.15, -0.1) is 0 Å². The van der Waals surface area contributed by atoms with Gasteiger partial charge in [-0.2, -0.15) is 0 Å². The summed E-state index contributed by atoms with van der Waals surface area (Å²) in [4.78, 5) is 8.37. The molecule has 0 aliphatic carbocycles. The Morgan fingerprint density at radius 3 is 2.81 bits per heavy atom. The van der Waals surface area contributed by atoms with Crippen molar-refractivity contribution in [3.05, 3.63) is 46.9 Å². The Balaban J connectivity index is 2.39. The Morgan fingerprint density at radius 2 is 2.10 bits per heavy atom. The van der Waals surface area contributed by atoms with Gasteiger partial charge in [0.1, 0.15) is 17.3 Å². The van der Waals surface area contributed by atoms with Crippen LogP contribution in [0.15, 0.2) is 41.1 Å². The van der Waals surface area contributed by atoms with Crippen molar-refractivity contribution in [1.29, 1.82) is 0 Å². The highest BCUT2D eigenvalue weighted by Gasteiger charge is 2.16. The number of aromatic nitrogens is 2. The van der Waals surface area contributed by atoms with Gasteiger partial charge < -0.3 is 10.5 Å². The highest BCUT2D eigenvalue weighted by Crippen LogP contribution is 2.37. The number of nitrogens with zero attached hydrogens (tertiary/aromatic N) is 2. The summed E-state index contributed by atoms with van der Waals surface area (Å²) >= 11 is 3.42. The summed E-state index contributed by atoms with van der Waals surface area (Å²) in [5, 5.41) is 0.709. The predicted octanol–water partition coefficient (Wildman–Crippen LogP) is 3.79. The molecule has 0 radical (unpaired) electrons. The monoisotopic (exact) mass is 347 g/mol. The number of rotatable bonds is 2. The minimum absolute atomic E-state index is 0.208. The molecule has 2 heterocycles. The fourth-order valence-corrected chi connectivity index (χ4v) is 2.70. The van der Waals surface area contributed by atoms with E-state index in [0.29, 0.717) is 27.9 Å². The van der Waals surface area contributed by atoms with Crippen LogP contribution in [0.2, 0.25) is 0 Å². The number of nitrogens with two attached hydrogens (primary N) is 1. The summed E-state index contributed by atoms with van der Waals surface area (Å²) in [5.74, 6) is 0.218. The molecule has 1 aromatic carbocycles. The Kier molecular flexibility index (Phi) is 3.47. The van der Waals surface area contributed by atoms with Gasteiger partial charge in [0.15, 0.2) is 0 Å². The summed E-state index contributed by atoms with van der Waals surface area (Å²) in [7, 11) is 1.57. The Bertz CT molecular complexity index is 839. The third kappa shape index (κ3) is 2.31. The maximum Gasteiger partial charge on any atom is 0.149 e. The van der Waals surface area contributed by atoms with Crippen molar-refractivity contribution in [2.75, 3.05) is 12.8 Å². The average Bonchev–Trinajstić information content (AvgIpc) is 2.48. The number of halogens is 2. The number of hydrogen-bond donors (Lipinski definition) is 1. The zero-order chi connectivity index (χ0) is 15.0. The van der Waals surface area contributed by atoms with E-state index in [1.807, 2.05) is 0 Å². The quantitative estimate of drug-likeness (QED) is 0.766. The molecule has 0 unspecified atom stereocenters. The SMILES string of the molecule is COc1cc2ncc(N)c(-c3ncccc3F)c2cc1Br. The zero-order valence-electron chi connectivity index (χ0n) is 11.1. The third-order valence-electron chi connectivity index (χ3n) is 3.17. The molecule has 0 spiro atoms. The standard InChI is InChI=1S/C15H11BrFN3O/c1-21-13-6-12-8(5-9(13)16)14(11(18)7-20-12)15-10(17)3-2-4-19-15/h2-7H,18H2,1H3. The van der Waals surface area contributed by atoms with E-state index in [1.165, 1.54) is 24.5 Å². The van der Waals surface area contributed by atoms with E-state index in [9.17, 15) is 4.39 Å². The molecule has 0 aliphatic heterocycles. The van der Waals surface area contributed by atoms with E-state index in [1.54, 1.807) is 19.2 Å². The van der Waals surface area contributed by atoms with Crippen LogP contribution in [0.1, 0.15) is 0 Å². The molecule has 21 heavy (non-hydrogen) atoms. The van der Waals surface area contributed by atoms with Crippen LogP contribution >= 0.6 is 15.9 Å². The Labute approximate surface area is 128 Å². The van der Waals surface area contributed by atoms with Crippen molar-refractivity contribution < 1.29 is 9.13 Å². The molecule has 6 heteroatoms. The van der Waals surface area contributed by atoms with Crippen molar-refractivity contribution in [2.45, 2.75) is 0 Å². The summed E-state index contributed by atoms with van der Waals surface area (Å²) in [5.41, 5.74) is 7.76. The summed E-state index contributed by atoms with van der Waals surface area (Å²) < 4.78 is 20.0. The molecule has 2 aromatic heterocycles. The first-order valence-corrected chi connectivity index (χ1v) is 6.93. The van der Waals surface area contributed by atoms with Crippen molar-refractivity contribution in [3.63, 3.8) is 0 Å². The first-order valence-electron chi connectivity index (χ1n) is 6.14. The maximum atomic E-state index is 14.1. The number of methoxy groups -OCH3 is 1. The van der Waals surface area contributed by atoms with Crippen LogP contribution in [0.4, 0.5) is 10.1 Å². The number of nitrogen functional groups attached to an aromatic ring is 1. The molecule has 3 aromatic rings. The number of benzene rings is 1. The van der Waals surface area contributed by atoms with Gasteiger partial charge in [-0.3, -0.25) is 9.97 Å². The van der Waals surface area contributed by atoms with E-state index in [4.69, 9.17) is 10.5 Å². The lowest BCUT2D eigenvalue weighted by Gasteiger charge is -2.12. The largest absolute Gasteiger partial charge is 0.495 e. The van der Waals surface area contributed by atoms with E-state index in [2.05, 4.69) is 25.9 Å². The van der Waals surface area contributed by atoms with Crippen LogP contribution in [-0.2, 0) is 0 Å². The number of fused-ring (bicyclic) bond motifs is 1. The minimum atomic E-state index is -0.427. The van der Waals surface area contributed by atoms with Crippen molar-refractivity contribution in [3.8, 4) is 17.0 Å². The lowest BCUT2D eigenvalue weighted by molar-refractivity contribution is 0.412. The van der Waals surface area contributed by atoms with Crippen LogP contribution in [0.5, 0.6) is 5.75 Å². The van der Waals surface area contributed by atoms with Gasteiger partial charge in [-0.1, -0.05) is 0 Å². The van der Waals surface area contributed by atoms with Crippen LogP contribution < -0.4 is 10.5 Å². The number of ether oxygens (including phenoxy) is 1. The summed E-state index contributed by atoms with van der Waals surface area (Å²) in [6, 6.07) is 6.47. The van der Waals surface area contributed by atoms with Crippen molar-refractivity contribution >= 4 is 32.5 Å². The number of anilines is 1. The summed E-state index contributed by atoms with van der Waals surface area (Å²) in [6.45, 7) is 0. The molecule has 0 amide bonds. The molecule has 0 fully saturated rings. The van der Waals surface area contributed by atoms with Crippen LogP contribution in [0.25, 0.3) is 22.2 Å². The Morgan fingerprint density at radius 1 is 1.29 bits per heavy atom. The van der Waals surface area contributed by atoms with E-state index < -0.39 is 5.82 Å². The fourth-order valence-electron chi connectivity index (χ4n) is 2.20. The van der Waals surface area contributed by atoms with Gasteiger partial charge in [-0.25, -0.2) is 4.39 Å². The van der Waals surface area contributed by atoms with Gasteiger partial charge in [0.05, 0.1) is 29.0 Å². The van der Waals surface area contributed by atoms with Gasteiger partial charge in [0, 0.05) is 23.2 Å². The lowest BCUT2D eigenvalue weighted by atomic mass is 10.0. The van der Waals surface area contributed by atoms with Crippen LogP contribution in [-0.4, -0.2) is 17.1 Å². The third-order valence-corrected chi connectivity index (χ3v) is 3.79. The highest BCUT2D eigenvalue weighted by molar-refractivity contribution is 9.10. The zero-order valence-corrected chi connectivity index (χ0v) is 12.7. The molecule has 106 valence electrons. The molecular weight excluding hydrogens is 337 g/mol. The van der Waals surface area contributed by atoms with Crippen molar-refractivity contribution in [2.24, 2.45) is 0 Å². The molecule has 2 N–H and O–H groups in total. The summed E-state index contributed by atoms with van der Waals surface area (Å²) in [6.07, 6.45) is 3.03. The molecule has 0 aliphatic rings. The topological polar surface area (TPSA) is 61.0 Å². The van der Waals surface area contributed by atoms with E-state index in [0.717, 1.165) is 4.47 Å². The van der Waals surface area contributed by atoms with Gasteiger partial charge in [-0.05, 0) is 34.1 Å². The van der Waals surface area contributed by atoms with Gasteiger partial charge in [0.2, 0.25) is 0 Å². The van der Waals surface area contributed by atoms with E-state index >= 15 is 0 Å². The smallest absolute Gasteiger partial charge is 0.149 e. The number of hydrogen-bond acceptors (Lipinski definition) is 4. The van der Waals surface area contributed by atoms with Crippen LogP contribution in [0.3, 0.4) is 0 Å². The first kappa shape index (κ1) is 13.8. The molecule has 0 saturated heterocycles. The lowest BCUT2D eigenvalue weighted by Crippen LogP contribution is -1.98. The predicted molar refractivity (Wildman–Crippen MR) is 83.6 cm³/mol. The van der Waals surface area contributed by atoms with Crippen LogP contribution in [0, 0.1) is 5.82 Å². The molecule has 0 bridgehead atoms. The fraction of sp³-hybridized carbons (Fsp3) is 0.0667. The maximum absolute atomic E-state index is 14.1. The normalized spacial score (nSPS) is 10.8. The molecule has 0 saturated carbocycles. The molecular formula is C15H11BrFN3O. The second kappa shape index (κ2) is 5.29. The molecule has 3 rings (SSSR count). The second-order valence-electron chi connectivity index (χ2n) is 4.43. The Hall–Kier alpha value is -2.21. The number of pyridine rings is 2. The first-order chi connectivity index (χ1) is 10.1. The average molecular weight is 348 g/mol. The van der Waals surface area contributed by atoms with Gasteiger partial charge in [0.25, 0.3) is 0 Å². The molecule has 4 nitrogen and oxygen atoms in total. The van der Waals surface area contributed by atoms with E-state index in [-0.39, 0.29) is 5.69 Å². The van der Waals surface area contributed by atoms with Gasteiger partial charge >= 0.3 is 0 Å². The molecule has 0 atom stereocenters.